The largest absolute Gasteiger partial charge is 0.336 e. The van der Waals surface area contributed by atoms with Gasteiger partial charge in [-0.2, -0.15) is 0 Å². The van der Waals surface area contributed by atoms with Gasteiger partial charge in [0.05, 0.1) is 0 Å². The molecule has 2 heterocycles. The lowest BCUT2D eigenvalue weighted by Gasteiger charge is -2.26. The molecule has 1 atom stereocenters. The van der Waals surface area contributed by atoms with E-state index in [0.717, 1.165) is 25.2 Å². The fraction of sp³-hybridized carbons (Fsp3) is 0.250. The molecule has 21 heavy (non-hydrogen) atoms. The third-order valence-electron chi connectivity index (χ3n) is 3.60. The fourth-order valence-corrected chi connectivity index (χ4v) is 2.68. The Kier molecular flexibility index (Phi) is 4.06. The van der Waals surface area contributed by atoms with Gasteiger partial charge in [-0.25, -0.2) is 4.98 Å². The Labute approximate surface area is 128 Å². The molecule has 5 heteroatoms. The number of hydrogen-bond donors (Lipinski definition) is 1. The van der Waals surface area contributed by atoms with Crippen LogP contribution in [-0.2, 0) is 0 Å². The molecule has 0 spiro atoms. The lowest BCUT2D eigenvalue weighted by Crippen LogP contribution is -2.44. The number of carbonyl (C=O) groups is 1. The van der Waals surface area contributed by atoms with Crippen molar-refractivity contribution in [1.82, 2.24) is 10.3 Å². The highest BCUT2D eigenvalue weighted by atomic mass is 35.5. The van der Waals surface area contributed by atoms with Gasteiger partial charge in [0.15, 0.2) is 0 Å². The summed E-state index contributed by atoms with van der Waals surface area (Å²) in [5.41, 5.74) is 0.618. The van der Waals surface area contributed by atoms with Crippen LogP contribution in [0.3, 0.4) is 0 Å². The van der Waals surface area contributed by atoms with Crippen LogP contribution in [0.25, 0.3) is 0 Å². The van der Waals surface area contributed by atoms with Crippen LogP contribution >= 0.6 is 11.6 Å². The second-order valence-corrected chi connectivity index (χ2v) is 5.46. The summed E-state index contributed by atoms with van der Waals surface area (Å²) in [5.74, 6) is 0.816. The van der Waals surface area contributed by atoms with Crippen LogP contribution in [0.4, 0.5) is 5.82 Å². The van der Waals surface area contributed by atoms with Crippen molar-refractivity contribution >= 4 is 23.3 Å². The quantitative estimate of drug-likeness (QED) is 0.947. The van der Waals surface area contributed by atoms with Crippen molar-refractivity contribution in [3.8, 4) is 0 Å². The number of halogens is 1. The molecule has 1 amide bonds. The van der Waals surface area contributed by atoms with Gasteiger partial charge < -0.3 is 10.2 Å². The maximum Gasteiger partial charge on any atom is 0.252 e. The first-order valence-electron chi connectivity index (χ1n) is 6.98. The summed E-state index contributed by atoms with van der Waals surface area (Å²) in [7, 11) is 0. The zero-order chi connectivity index (χ0) is 14.7. The molecule has 1 N–H and O–H groups in total. The molecular formula is C16H16ClN3O. The van der Waals surface area contributed by atoms with Crippen LogP contribution in [0, 0.1) is 0 Å². The summed E-state index contributed by atoms with van der Waals surface area (Å²) in [6.07, 6.45) is 3.73. The van der Waals surface area contributed by atoms with Gasteiger partial charge in [0.1, 0.15) is 12.0 Å². The second-order valence-electron chi connectivity index (χ2n) is 5.02. The molecule has 3 rings (SSSR count). The minimum atomic E-state index is -0.0838. The molecule has 0 radical (unpaired) electrons. The van der Waals surface area contributed by atoms with E-state index in [4.69, 9.17) is 11.6 Å². The van der Waals surface area contributed by atoms with Crippen molar-refractivity contribution in [2.45, 2.75) is 19.0 Å². The van der Waals surface area contributed by atoms with Crippen molar-refractivity contribution in [3.05, 3.63) is 59.2 Å². The number of anilines is 1. The zero-order valence-corrected chi connectivity index (χ0v) is 12.3. The molecule has 108 valence electrons. The number of nitrogens with one attached hydrogen (secondary N) is 1. The molecule has 0 bridgehead atoms. The number of aromatic nitrogens is 1. The number of pyridine rings is 1. The zero-order valence-electron chi connectivity index (χ0n) is 11.5. The lowest BCUT2D eigenvalue weighted by atomic mass is 10.2. The molecule has 1 aliphatic rings. The maximum atomic E-state index is 12.3. The summed E-state index contributed by atoms with van der Waals surface area (Å²) in [6.45, 7) is 0.905. The van der Waals surface area contributed by atoms with Gasteiger partial charge in [-0.3, -0.25) is 4.79 Å². The monoisotopic (exact) mass is 301 g/mol. The SMILES string of the molecule is O=C(NC1CCCN1c1ccccn1)c1ccc(Cl)cc1. The Hall–Kier alpha value is -2.07. The highest BCUT2D eigenvalue weighted by molar-refractivity contribution is 6.30. The fourth-order valence-electron chi connectivity index (χ4n) is 2.55. The van der Waals surface area contributed by atoms with Crippen LogP contribution in [0.15, 0.2) is 48.7 Å². The average molecular weight is 302 g/mol. The summed E-state index contributed by atoms with van der Waals surface area (Å²) < 4.78 is 0. The smallest absolute Gasteiger partial charge is 0.252 e. The first kappa shape index (κ1) is 13.9. The summed E-state index contributed by atoms with van der Waals surface area (Å²) in [4.78, 5) is 18.8. The van der Waals surface area contributed by atoms with Gasteiger partial charge in [0.25, 0.3) is 5.91 Å². The lowest BCUT2D eigenvalue weighted by molar-refractivity contribution is 0.0938. The van der Waals surface area contributed by atoms with Crippen molar-refractivity contribution < 1.29 is 4.79 Å². The van der Waals surface area contributed by atoms with Crippen molar-refractivity contribution in [1.29, 1.82) is 0 Å². The molecule has 0 aliphatic carbocycles. The maximum absolute atomic E-state index is 12.3. The van der Waals surface area contributed by atoms with E-state index in [-0.39, 0.29) is 12.1 Å². The summed E-state index contributed by atoms with van der Waals surface area (Å²) >= 11 is 5.84. The normalized spacial score (nSPS) is 17.8. The van der Waals surface area contributed by atoms with Gasteiger partial charge in [-0.1, -0.05) is 17.7 Å². The Balaban J connectivity index is 1.71. The molecule has 1 aromatic heterocycles. The second kappa shape index (κ2) is 6.14. The van der Waals surface area contributed by atoms with Crippen LogP contribution in [0.2, 0.25) is 5.02 Å². The molecule has 1 unspecified atom stereocenters. The first-order chi connectivity index (χ1) is 10.2. The minimum absolute atomic E-state index is 0.0110. The van der Waals surface area contributed by atoms with E-state index in [0.29, 0.717) is 10.6 Å². The van der Waals surface area contributed by atoms with Gasteiger partial charge in [0.2, 0.25) is 0 Å². The van der Waals surface area contributed by atoms with Gasteiger partial charge in [-0.15, -0.1) is 0 Å². The van der Waals surface area contributed by atoms with Gasteiger partial charge in [-0.05, 0) is 49.2 Å². The Morgan fingerprint density at radius 1 is 1.24 bits per heavy atom. The highest BCUT2D eigenvalue weighted by Crippen LogP contribution is 2.22. The minimum Gasteiger partial charge on any atom is -0.336 e. The molecule has 1 aromatic carbocycles. The predicted molar refractivity (Wildman–Crippen MR) is 83.5 cm³/mol. The van der Waals surface area contributed by atoms with Crippen LogP contribution in [-0.4, -0.2) is 23.6 Å². The van der Waals surface area contributed by atoms with Crippen molar-refractivity contribution in [3.63, 3.8) is 0 Å². The third-order valence-corrected chi connectivity index (χ3v) is 3.85. The van der Waals surface area contributed by atoms with Crippen LogP contribution < -0.4 is 10.2 Å². The summed E-state index contributed by atoms with van der Waals surface area (Å²) in [5, 5.41) is 3.69. The van der Waals surface area contributed by atoms with Crippen molar-refractivity contribution in [2.75, 3.05) is 11.4 Å². The number of rotatable bonds is 3. The molecule has 1 aliphatic heterocycles. The number of nitrogens with zero attached hydrogens (tertiary/aromatic N) is 2. The van der Waals surface area contributed by atoms with E-state index < -0.39 is 0 Å². The van der Waals surface area contributed by atoms with E-state index in [1.807, 2.05) is 18.2 Å². The van der Waals surface area contributed by atoms with Gasteiger partial charge in [0, 0.05) is 23.3 Å². The van der Waals surface area contributed by atoms with E-state index in [9.17, 15) is 4.79 Å². The number of benzene rings is 1. The Morgan fingerprint density at radius 2 is 2.05 bits per heavy atom. The van der Waals surface area contributed by atoms with E-state index >= 15 is 0 Å². The first-order valence-corrected chi connectivity index (χ1v) is 7.36. The third kappa shape index (κ3) is 3.16. The van der Waals surface area contributed by atoms with Crippen molar-refractivity contribution in [2.24, 2.45) is 0 Å². The van der Waals surface area contributed by atoms with Crippen LogP contribution in [0.1, 0.15) is 23.2 Å². The van der Waals surface area contributed by atoms with E-state index in [2.05, 4.69) is 15.2 Å². The molecule has 1 fully saturated rings. The highest BCUT2D eigenvalue weighted by Gasteiger charge is 2.27. The van der Waals surface area contributed by atoms with E-state index in [1.165, 1.54) is 0 Å². The van der Waals surface area contributed by atoms with E-state index in [1.54, 1.807) is 30.5 Å². The number of amides is 1. The Morgan fingerprint density at radius 3 is 2.76 bits per heavy atom. The molecule has 4 nitrogen and oxygen atoms in total. The molecule has 0 saturated carbocycles. The Bertz CT molecular complexity index is 615. The molecule has 1 saturated heterocycles. The number of carbonyl (C=O) groups excluding carboxylic acids is 1. The van der Waals surface area contributed by atoms with Gasteiger partial charge >= 0.3 is 0 Å². The predicted octanol–water partition coefficient (Wildman–Crippen LogP) is 3.09. The van der Waals surface area contributed by atoms with Crippen LogP contribution in [0.5, 0.6) is 0 Å². The standard InChI is InChI=1S/C16H16ClN3O/c17-13-8-6-12(7-9-13)16(21)19-15-5-3-11-20(15)14-4-1-2-10-18-14/h1-2,4,6-10,15H,3,5,11H2,(H,19,21). The number of hydrogen-bond acceptors (Lipinski definition) is 3. The average Bonchev–Trinajstić information content (AvgIpc) is 2.97. The molecular weight excluding hydrogens is 286 g/mol. The topological polar surface area (TPSA) is 45.2 Å². The summed E-state index contributed by atoms with van der Waals surface area (Å²) in [6, 6.07) is 12.7. The molecule has 2 aromatic rings.